The number of thiazole rings is 1. The van der Waals surface area contributed by atoms with E-state index in [9.17, 15) is 0 Å². The summed E-state index contributed by atoms with van der Waals surface area (Å²) >= 11 is 1.84. The molecule has 0 bridgehead atoms. The fourth-order valence-electron chi connectivity index (χ4n) is 4.59. The van der Waals surface area contributed by atoms with Crippen LogP contribution in [0.1, 0.15) is 91.6 Å². The highest BCUT2D eigenvalue weighted by molar-refractivity contribution is 7.11. The monoisotopic (exact) mass is 399 g/mol. The summed E-state index contributed by atoms with van der Waals surface area (Å²) in [7, 11) is 0. The van der Waals surface area contributed by atoms with Crippen LogP contribution in [0.4, 0.5) is 0 Å². The van der Waals surface area contributed by atoms with Gasteiger partial charge in [-0.2, -0.15) is 0 Å². The molecule has 5 nitrogen and oxygen atoms in total. The minimum atomic E-state index is 0.385. The first-order chi connectivity index (χ1) is 13.7. The molecule has 1 fully saturated rings. The van der Waals surface area contributed by atoms with E-state index >= 15 is 0 Å². The van der Waals surface area contributed by atoms with Crippen LogP contribution in [0.25, 0.3) is 5.57 Å². The molecule has 1 saturated heterocycles. The summed E-state index contributed by atoms with van der Waals surface area (Å²) < 4.78 is 2.42. The molecule has 2 aliphatic rings. The van der Waals surface area contributed by atoms with Gasteiger partial charge in [-0.3, -0.25) is 4.90 Å². The zero-order valence-corrected chi connectivity index (χ0v) is 18.2. The van der Waals surface area contributed by atoms with Crippen LogP contribution in [-0.4, -0.2) is 31.2 Å². The molecule has 0 amide bonds. The third-order valence-corrected chi connectivity index (χ3v) is 7.10. The van der Waals surface area contributed by atoms with Gasteiger partial charge >= 0.3 is 0 Å². The Hall–Kier alpha value is -1.53. The first-order valence-corrected chi connectivity index (χ1v) is 11.8. The predicted molar refractivity (Wildman–Crippen MR) is 115 cm³/mol. The van der Waals surface area contributed by atoms with Crippen molar-refractivity contribution in [3.05, 3.63) is 33.8 Å². The van der Waals surface area contributed by atoms with Gasteiger partial charge in [-0.25, -0.2) is 4.98 Å². The van der Waals surface area contributed by atoms with Gasteiger partial charge in [-0.1, -0.05) is 26.3 Å². The number of aryl methyl sites for hydroxylation is 2. The SMILES string of the molecule is C=C(CCCC)c1nc(CN2CCCC2c2nnc3n2CCCCC3)sc1C. The largest absolute Gasteiger partial charge is 0.314 e. The van der Waals surface area contributed by atoms with E-state index in [1.165, 1.54) is 72.1 Å². The highest BCUT2D eigenvalue weighted by Gasteiger charge is 2.32. The van der Waals surface area contributed by atoms with Crippen LogP contribution in [0.15, 0.2) is 6.58 Å². The van der Waals surface area contributed by atoms with Crippen molar-refractivity contribution in [2.75, 3.05) is 6.54 Å². The first-order valence-electron chi connectivity index (χ1n) is 11.0. The van der Waals surface area contributed by atoms with Crippen molar-refractivity contribution in [3.8, 4) is 0 Å². The average molecular weight is 400 g/mol. The van der Waals surface area contributed by atoms with Gasteiger partial charge in [0, 0.05) is 17.8 Å². The third-order valence-electron chi connectivity index (χ3n) is 6.15. The smallest absolute Gasteiger partial charge is 0.150 e. The molecule has 1 unspecified atom stereocenters. The summed E-state index contributed by atoms with van der Waals surface area (Å²) in [5.74, 6) is 2.38. The zero-order valence-electron chi connectivity index (χ0n) is 17.4. The van der Waals surface area contributed by atoms with E-state index in [0.717, 1.165) is 38.2 Å². The van der Waals surface area contributed by atoms with Gasteiger partial charge in [0.05, 0.1) is 18.3 Å². The molecule has 2 aromatic heterocycles. The highest BCUT2D eigenvalue weighted by atomic mass is 32.1. The topological polar surface area (TPSA) is 46.8 Å². The maximum atomic E-state index is 4.98. The quantitative estimate of drug-likeness (QED) is 0.633. The van der Waals surface area contributed by atoms with Crippen LogP contribution in [0, 0.1) is 6.92 Å². The van der Waals surface area contributed by atoms with Crippen LogP contribution in [-0.2, 0) is 19.5 Å². The number of hydrogen-bond acceptors (Lipinski definition) is 5. The summed E-state index contributed by atoms with van der Waals surface area (Å²) in [5, 5.41) is 10.4. The number of likely N-dealkylation sites (tertiary alicyclic amines) is 1. The number of hydrogen-bond donors (Lipinski definition) is 0. The van der Waals surface area contributed by atoms with Gasteiger partial charge in [0.25, 0.3) is 0 Å². The molecule has 0 radical (unpaired) electrons. The molecule has 0 spiro atoms. The maximum Gasteiger partial charge on any atom is 0.150 e. The Balaban J connectivity index is 1.49. The molecular weight excluding hydrogens is 366 g/mol. The molecule has 2 aliphatic heterocycles. The van der Waals surface area contributed by atoms with E-state index in [0.29, 0.717) is 6.04 Å². The van der Waals surface area contributed by atoms with E-state index in [4.69, 9.17) is 4.98 Å². The Morgan fingerprint density at radius 1 is 1.18 bits per heavy atom. The third kappa shape index (κ3) is 4.08. The summed E-state index contributed by atoms with van der Waals surface area (Å²) in [6.45, 7) is 11.8. The van der Waals surface area contributed by atoms with Gasteiger partial charge in [-0.15, -0.1) is 21.5 Å². The lowest BCUT2D eigenvalue weighted by Gasteiger charge is -2.23. The maximum absolute atomic E-state index is 4.98. The Morgan fingerprint density at radius 3 is 2.93 bits per heavy atom. The second kappa shape index (κ2) is 8.87. The van der Waals surface area contributed by atoms with Crippen molar-refractivity contribution in [3.63, 3.8) is 0 Å². The molecule has 4 rings (SSSR count). The molecular formula is C22H33N5S. The number of fused-ring (bicyclic) bond motifs is 1. The second-order valence-electron chi connectivity index (χ2n) is 8.28. The molecule has 0 aromatic carbocycles. The Bertz CT molecular complexity index is 821. The standard InChI is InChI=1S/C22H33N5S/c1-4-5-10-16(2)21-17(3)28-20(23-21)15-26-13-9-11-18(26)22-25-24-19-12-7-6-8-14-27(19)22/h18H,2,4-15H2,1,3H3. The van der Waals surface area contributed by atoms with Gasteiger partial charge in [0.2, 0.25) is 0 Å². The molecule has 2 aromatic rings. The fraction of sp³-hybridized carbons (Fsp3) is 0.682. The second-order valence-corrected chi connectivity index (χ2v) is 9.57. The molecule has 0 saturated carbocycles. The van der Waals surface area contributed by atoms with Crippen molar-refractivity contribution >= 4 is 16.9 Å². The van der Waals surface area contributed by atoms with Gasteiger partial charge in [0.15, 0.2) is 0 Å². The molecule has 1 atom stereocenters. The molecule has 4 heterocycles. The van der Waals surface area contributed by atoms with E-state index in [-0.39, 0.29) is 0 Å². The van der Waals surface area contributed by atoms with Crippen molar-refractivity contribution in [2.24, 2.45) is 0 Å². The Kier molecular flexibility index (Phi) is 6.26. The summed E-state index contributed by atoms with van der Waals surface area (Å²) in [6.07, 6.45) is 10.7. The van der Waals surface area contributed by atoms with Crippen molar-refractivity contribution in [2.45, 2.75) is 90.8 Å². The summed E-state index contributed by atoms with van der Waals surface area (Å²) in [4.78, 5) is 8.86. The first kappa shape index (κ1) is 19.8. The van der Waals surface area contributed by atoms with Crippen molar-refractivity contribution in [1.82, 2.24) is 24.6 Å². The molecule has 6 heteroatoms. The highest BCUT2D eigenvalue weighted by Crippen LogP contribution is 2.35. The van der Waals surface area contributed by atoms with E-state index < -0.39 is 0 Å². The molecule has 0 aliphatic carbocycles. The van der Waals surface area contributed by atoms with Crippen LogP contribution in [0.5, 0.6) is 0 Å². The van der Waals surface area contributed by atoms with Crippen LogP contribution in [0.2, 0.25) is 0 Å². The number of aromatic nitrogens is 4. The van der Waals surface area contributed by atoms with Crippen molar-refractivity contribution in [1.29, 1.82) is 0 Å². The Morgan fingerprint density at radius 2 is 2.07 bits per heavy atom. The number of rotatable bonds is 7. The zero-order chi connectivity index (χ0) is 19.5. The Labute approximate surface area is 172 Å². The van der Waals surface area contributed by atoms with E-state index in [1.807, 2.05) is 11.3 Å². The minimum Gasteiger partial charge on any atom is -0.314 e. The average Bonchev–Trinajstić information content (AvgIpc) is 3.35. The lowest BCUT2D eigenvalue weighted by atomic mass is 10.1. The molecule has 152 valence electrons. The normalized spacial score (nSPS) is 20.3. The number of nitrogens with zero attached hydrogens (tertiary/aromatic N) is 5. The predicted octanol–water partition coefficient (Wildman–Crippen LogP) is 5.31. The molecule has 0 N–H and O–H groups in total. The van der Waals surface area contributed by atoms with Gasteiger partial charge < -0.3 is 4.57 Å². The summed E-state index contributed by atoms with van der Waals surface area (Å²) in [6, 6.07) is 0.385. The van der Waals surface area contributed by atoms with Crippen LogP contribution >= 0.6 is 11.3 Å². The van der Waals surface area contributed by atoms with E-state index in [1.54, 1.807) is 0 Å². The summed E-state index contributed by atoms with van der Waals surface area (Å²) in [5.41, 5.74) is 2.34. The lowest BCUT2D eigenvalue weighted by molar-refractivity contribution is 0.233. The fourth-order valence-corrected chi connectivity index (χ4v) is 5.60. The van der Waals surface area contributed by atoms with Gasteiger partial charge in [0.1, 0.15) is 16.7 Å². The van der Waals surface area contributed by atoms with Crippen molar-refractivity contribution < 1.29 is 0 Å². The lowest BCUT2D eigenvalue weighted by Crippen LogP contribution is -2.25. The van der Waals surface area contributed by atoms with Crippen LogP contribution in [0.3, 0.4) is 0 Å². The number of allylic oxidation sites excluding steroid dienone is 1. The molecule has 28 heavy (non-hydrogen) atoms. The number of unbranched alkanes of at least 4 members (excludes halogenated alkanes) is 1. The minimum absolute atomic E-state index is 0.385. The van der Waals surface area contributed by atoms with Crippen LogP contribution < -0.4 is 0 Å². The van der Waals surface area contributed by atoms with E-state index in [2.05, 4.69) is 40.1 Å². The van der Waals surface area contributed by atoms with Gasteiger partial charge in [-0.05, 0) is 57.6 Å².